The lowest BCUT2D eigenvalue weighted by atomic mass is 10.0. The molecule has 10 heteroatoms. The van der Waals surface area contributed by atoms with Crippen molar-refractivity contribution >= 4 is 21.8 Å². The molecule has 0 spiro atoms. The number of benzene rings is 3. The van der Waals surface area contributed by atoms with E-state index in [-0.39, 0.29) is 43.3 Å². The SMILES string of the molecule is O=C(NCCO)[C@@H](Cc1ccccc1)N(Cc1ccc(F)cc1)C(=O)CCc1ccc(S(=O)(=O)N2CCCC2)cc1. The third kappa shape index (κ3) is 8.22. The van der Waals surface area contributed by atoms with Gasteiger partial charge in [-0.1, -0.05) is 54.6 Å². The Labute approximate surface area is 240 Å². The molecule has 1 atom stereocenters. The topological polar surface area (TPSA) is 107 Å². The normalized spacial score (nSPS) is 14.5. The lowest BCUT2D eigenvalue weighted by molar-refractivity contribution is -0.141. The Balaban J connectivity index is 1.54. The number of carbonyl (C=O) groups excluding carboxylic acids is 2. The van der Waals surface area contributed by atoms with Gasteiger partial charge in [0.15, 0.2) is 0 Å². The number of hydrogen-bond acceptors (Lipinski definition) is 5. The summed E-state index contributed by atoms with van der Waals surface area (Å²) in [5, 5.41) is 12.0. The lowest BCUT2D eigenvalue weighted by Gasteiger charge is -2.31. The van der Waals surface area contributed by atoms with E-state index in [1.54, 1.807) is 36.4 Å². The van der Waals surface area contributed by atoms with Crippen LogP contribution in [0, 0.1) is 5.82 Å². The van der Waals surface area contributed by atoms with Crippen LogP contribution in [-0.4, -0.2) is 66.8 Å². The Hall–Kier alpha value is -3.60. The van der Waals surface area contributed by atoms with Crippen molar-refractivity contribution in [1.29, 1.82) is 0 Å². The van der Waals surface area contributed by atoms with E-state index in [1.165, 1.54) is 21.3 Å². The van der Waals surface area contributed by atoms with Gasteiger partial charge in [-0.25, -0.2) is 12.8 Å². The van der Waals surface area contributed by atoms with Crippen LogP contribution >= 0.6 is 0 Å². The van der Waals surface area contributed by atoms with Gasteiger partial charge >= 0.3 is 0 Å². The third-order valence-corrected chi connectivity index (χ3v) is 9.11. The van der Waals surface area contributed by atoms with Crippen LogP contribution in [0.1, 0.15) is 36.0 Å². The molecule has 1 heterocycles. The van der Waals surface area contributed by atoms with Crippen molar-refractivity contribution in [2.24, 2.45) is 0 Å². The van der Waals surface area contributed by atoms with E-state index >= 15 is 0 Å². The molecule has 0 bridgehead atoms. The van der Waals surface area contributed by atoms with Crippen LogP contribution in [0.3, 0.4) is 0 Å². The molecule has 0 aliphatic carbocycles. The van der Waals surface area contributed by atoms with Gasteiger partial charge in [-0.3, -0.25) is 9.59 Å². The highest BCUT2D eigenvalue weighted by atomic mass is 32.2. The summed E-state index contributed by atoms with van der Waals surface area (Å²) < 4.78 is 40.8. The molecule has 218 valence electrons. The van der Waals surface area contributed by atoms with Gasteiger partial charge < -0.3 is 15.3 Å². The van der Waals surface area contributed by atoms with Crippen molar-refractivity contribution in [1.82, 2.24) is 14.5 Å². The summed E-state index contributed by atoms with van der Waals surface area (Å²) in [7, 11) is -3.53. The number of hydrogen-bond donors (Lipinski definition) is 2. The van der Waals surface area contributed by atoms with E-state index in [9.17, 15) is 27.5 Å². The highest BCUT2D eigenvalue weighted by molar-refractivity contribution is 7.89. The second kappa shape index (κ2) is 14.3. The quantitative estimate of drug-likeness (QED) is 0.322. The fraction of sp³-hybridized carbons (Fsp3) is 0.355. The Morgan fingerprint density at radius 1 is 0.902 bits per heavy atom. The molecule has 8 nitrogen and oxygen atoms in total. The Bertz CT molecular complexity index is 1390. The highest BCUT2D eigenvalue weighted by Gasteiger charge is 2.30. The second-order valence-corrected chi connectivity index (χ2v) is 12.1. The predicted molar refractivity (Wildman–Crippen MR) is 154 cm³/mol. The summed E-state index contributed by atoms with van der Waals surface area (Å²) in [6.07, 6.45) is 2.40. The molecule has 0 aromatic heterocycles. The zero-order chi connectivity index (χ0) is 29.2. The zero-order valence-electron chi connectivity index (χ0n) is 22.9. The fourth-order valence-electron chi connectivity index (χ4n) is 4.94. The molecule has 0 radical (unpaired) electrons. The summed E-state index contributed by atoms with van der Waals surface area (Å²) in [6, 6.07) is 20.9. The molecule has 2 amide bonds. The average molecular weight is 582 g/mol. The van der Waals surface area contributed by atoms with Crippen LogP contribution in [0.25, 0.3) is 0 Å². The van der Waals surface area contributed by atoms with Crippen molar-refractivity contribution in [2.45, 2.75) is 49.6 Å². The van der Waals surface area contributed by atoms with Crippen LogP contribution in [0.15, 0.2) is 83.8 Å². The maximum atomic E-state index is 13.7. The predicted octanol–water partition coefficient (Wildman–Crippen LogP) is 3.29. The minimum absolute atomic E-state index is 0.0510. The summed E-state index contributed by atoms with van der Waals surface area (Å²) in [5.41, 5.74) is 2.33. The molecule has 0 saturated carbocycles. The Morgan fingerprint density at radius 2 is 1.54 bits per heavy atom. The molecular formula is C31H36FN3O5S. The zero-order valence-corrected chi connectivity index (χ0v) is 23.7. The monoisotopic (exact) mass is 581 g/mol. The number of aryl methyl sites for hydroxylation is 1. The minimum atomic E-state index is -3.53. The van der Waals surface area contributed by atoms with Crippen molar-refractivity contribution in [3.8, 4) is 0 Å². The molecule has 3 aromatic rings. The first-order chi connectivity index (χ1) is 19.8. The van der Waals surface area contributed by atoms with Gasteiger partial charge in [-0.15, -0.1) is 0 Å². The fourth-order valence-corrected chi connectivity index (χ4v) is 6.45. The van der Waals surface area contributed by atoms with Crippen LogP contribution in [0.4, 0.5) is 4.39 Å². The number of carbonyl (C=O) groups is 2. The van der Waals surface area contributed by atoms with E-state index in [2.05, 4.69) is 5.32 Å². The van der Waals surface area contributed by atoms with E-state index in [4.69, 9.17) is 0 Å². The first-order valence-electron chi connectivity index (χ1n) is 13.8. The summed E-state index contributed by atoms with van der Waals surface area (Å²) >= 11 is 0. The number of rotatable bonds is 13. The average Bonchev–Trinajstić information content (AvgIpc) is 3.54. The van der Waals surface area contributed by atoms with E-state index in [0.717, 1.165) is 24.0 Å². The van der Waals surface area contributed by atoms with Gasteiger partial charge in [0, 0.05) is 39.0 Å². The molecule has 1 fully saturated rings. The molecule has 1 aliphatic heterocycles. The van der Waals surface area contributed by atoms with E-state index in [1.807, 2.05) is 30.3 Å². The first-order valence-corrected chi connectivity index (χ1v) is 15.3. The maximum absolute atomic E-state index is 13.7. The first kappa shape index (κ1) is 30.4. The van der Waals surface area contributed by atoms with Crippen LogP contribution < -0.4 is 5.32 Å². The molecular weight excluding hydrogens is 545 g/mol. The lowest BCUT2D eigenvalue weighted by Crippen LogP contribution is -2.51. The molecule has 4 rings (SSSR count). The van der Waals surface area contributed by atoms with Crippen molar-refractivity contribution in [3.63, 3.8) is 0 Å². The smallest absolute Gasteiger partial charge is 0.243 e. The highest BCUT2D eigenvalue weighted by Crippen LogP contribution is 2.22. The Morgan fingerprint density at radius 3 is 2.17 bits per heavy atom. The van der Waals surface area contributed by atoms with Gasteiger partial charge in [0.05, 0.1) is 11.5 Å². The van der Waals surface area contributed by atoms with Crippen molar-refractivity contribution < 1.29 is 27.5 Å². The van der Waals surface area contributed by atoms with Crippen LogP contribution in [-0.2, 0) is 39.0 Å². The summed E-state index contributed by atoms with van der Waals surface area (Å²) in [5.74, 6) is -1.07. The number of sulfonamides is 1. The maximum Gasteiger partial charge on any atom is 0.243 e. The number of nitrogens with zero attached hydrogens (tertiary/aromatic N) is 2. The van der Waals surface area contributed by atoms with Gasteiger partial charge in [0.2, 0.25) is 21.8 Å². The van der Waals surface area contributed by atoms with Crippen LogP contribution in [0.5, 0.6) is 0 Å². The van der Waals surface area contributed by atoms with Crippen molar-refractivity contribution in [2.75, 3.05) is 26.2 Å². The number of aliphatic hydroxyl groups is 1. The number of aliphatic hydroxyl groups excluding tert-OH is 1. The van der Waals surface area contributed by atoms with Crippen molar-refractivity contribution in [3.05, 3.63) is 101 Å². The largest absolute Gasteiger partial charge is 0.395 e. The molecule has 41 heavy (non-hydrogen) atoms. The standard InChI is InChI=1S/C31H36FN3O5S/c32-27-13-8-26(9-14-27)23-35(29(31(38)33-18-21-36)22-25-6-2-1-3-7-25)30(37)17-12-24-10-15-28(16-11-24)41(39,40)34-19-4-5-20-34/h1-3,6-11,13-16,29,36H,4-5,12,17-23H2,(H,33,38)/t29-/m1/s1. The molecule has 0 unspecified atom stereocenters. The summed E-state index contributed by atoms with van der Waals surface area (Å²) in [6.45, 7) is 0.960. The number of halogens is 1. The molecule has 3 aromatic carbocycles. The van der Waals surface area contributed by atoms with E-state index < -0.39 is 27.8 Å². The van der Waals surface area contributed by atoms with Gasteiger partial charge in [0.1, 0.15) is 11.9 Å². The molecule has 2 N–H and O–H groups in total. The minimum Gasteiger partial charge on any atom is -0.395 e. The number of nitrogens with one attached hydrogen (secondary N) is 1. The molecule has 1 saturated heterocycles. The second-order valence-electron chi connectivity index (χ2n) is 10.1. The Kier molecular flexibility index (Phi) is 10.6. The van der Waals surface area contributed by atoms with Gasteiger partial charge in [0.25, 0.3) is 0 Å². The van der Waals surface area contributed by atoms with E-state index in [0.29, 0.717) is 25.1 Å². The number of amides is 2. The summed E-state index contributed by atoms with van der Waals surface area (Å²) in [4.78, 5) is 28.7. The van der Waals surface area contributed by atoms with Gasteiger partial charge in [-0.2, -0.15) is 4.31 Å². The third-order valence-electron chi connectivity index (χ3n) is 7.20. The molecule has 1 aliphatic rings. The van der Waals surface area contributed by atoms with Gasteiger partial charge in [-0.05, 0) is 60.2 Å². The van der Waals surface area contributed by atoms with Crippen LogP contribution in [0.2, 0.25) is 0 Å².